The van der Waals surface area contributed by atoms with Crippen molar-refractivity contribution in [1.29, 1.82) is 0 Å². The van der Waals surface area contributed by atoms with E-state index in [1.54, 1.807) is 20.8 Å². The van der Waals surface area contributed by atoms with E-state index in [1.807, 2.05) is 48.5 Å². The fourth-order valence-corrected chi connectivity index (χ4v) is 5.10. The molecule has 1 heterocycles. The van der Waals surface area contributed by atoms with E-state index in [2.05, 4.69) is 5.32 Å². The maximum atomic E-state index is 14.1. The Labute approximate surface area is 230 Å². The number of benzene rings is 3. The molecule has 0 saturated heterocycles. The van der Waals surface area contributed by atoms with Crippen molar-refractivity contribution in [2.24, 2.45) is 0 Å². The molecule has 0 unspecified atom stereocenters. The van der Waals surface area contributed by atoms with E-state index in [-0.39, 0.29) is 18.9 Å². The third kappa shape index (κ3) is 5.40. The molecule has 1 aliphatic rings. The van der Waals surface area contributed by atoms with Crippen molar-refractivity contribution >= 4 is 29.1 Å². The third-order valence-electron chi connectivity index (χ3n) is 6.80. The van der Waals surface area contributed by atoms with Crippen LogP contribution in [0.25, 0.3) is 22.0 Å². The zero-order valence-electron chi connectivity index (χ0n) is 22.3. The van der Waals surface area contributed by atoms with Crippen LogP contribution in [0.2, 0.25) is 0 Å². The van der Waals surface area contributed by atoms with Gasteiger partial charge in [-0.25, -0.2) is 18.8 Å². The first-order valence-electron chi connectivity index (χ1n) is 12.9. The SMILES string of the molecule is CC(C)(C)OC(=O)n1cc(C[C@@H](NC(=O)OCC2c3ccccc3-c3ccccc32)C(=O)O)c2cc(F)ccc21. The molecule has 9 heteroatoms. The molecule has 0 fully saturated rings. The minimum absolute atomic E-state index is 0.0232. The lowest BCUT2D eigenvalue weighted by Gasteiger charge is -2.19. The summed E-state index contributed by atoms with van der Waals surface area (Å²) in [6.07, 6.45) is -0.383. The molecule has 0 aliphatic heterocycles. The van der Waals surface area contributed by atoms with Gasteiger partial charge in [-0.15, -0.1) is 0 Å². The number of ether oxygens (including phenoxy) is 2. The number of carboxylic acids is 1. The quantitative estimate of drug-likeness (QED) is 0.304. The fraction of sp³-hybridized carbons (Fsp3) is 0.258. The first-order valence-corrected chi connectivity index (χ1v) is 12.9. The van der Waals surface area contributed by atoms with Gasteiger partial charge in [0.15, 0.2) is 0 Å². The molecular formula is C31H29FN2O6. The second-order valence-electron chi connectivity index (χ2n) is 10.7. The molecule has 8 nitrogen and oxygen atoms in total. The minimum atomic E-state index is -1.39. The average Bonchev–Trinajstić information content (AvgIpc) is 3.41. The van der Waals surface area contributed by atoms with Crippen LogP contribution in [0, 0.1) is 5.82 Å². The number of aliphatic carboxylic acids is 1. The number of nitrogens with zero attached hydrogens (tertiary/aromatic N) is 1. The summed E-state index contributed by atoms with van der Waals surface area (Å²) in [6, 6.07) is 18.2. The number of carbonyl (C=O) groups is 3. The van der Waals surface area contributed by atoms with E-state index in [4.69, 9.17) is 9.47 Å². The molecule has 2 N–H and O–H groups in total. The Balaban J connectivity index is 1.33. The highest BCUT2D eigenvalue weighted by Crippen LogP contribution is 2.44. The van der Waals surface area contributed by atoms with Gasteiger partial charge in [-0.1, -0.05) is 48.5 Å². The average molecular weight is 545 g/mol. The summed E-state index contributed by atoms with van der Waals surface area (Å²) in [6.45, 7) is 5.18. The molecule has 5 rings (SSSR count). The van der Waals surface area contributed by atoms with Gasteiger partial charge in [-0.05, 0) is 66.8 Å². The highest BCUT2D eigenvalue weighted by Gasteiger charge is 2.30. The summed E-state index contributed by atoms with van der Waals surface area (Å²) < 4.78 is 26.3. The van der Waals surface area contributed by atoms with E-state index in [0.717, 1.165) is 22.3 Å². The summed E-state index contributed by atoms with van der Waals surface area (Å²) in [5, 5.41) is 12.6. The van der Waals surface area contributed by atoms with Gasteiger partial charge in [0.2, 0.25) is 0 Å². The number of rotatable bonds is 6. The van der Waals surface area contributed by atoms with Gasteiger partial charge in [0.05, 0.1) is 5.52 Å². The third-order valence-corrected chi connectivity index (χ3v) is 6.80. The summed E-state index contributed by atoms with van der Waals surface area (Å²) in [4.78, 5) is 37.7. The van der Waals surface area contributed by atoms with Crippen molar-refractivity contribution < 1.29 is 33.4 Å². The first kappa shape index (κ1) is 26.9. The summed E-state index contributed by atoms with van der Waals surface area (Å²) in [7, 11) is 0. The minimum Gasteiger partial charge on any atom is -0.480 e. The number of carbonyl (C=O) groups excluding carboxylic acids is 2. The Morgan fingerprint density at radius 1 is 1.00 bits per heavy atom. The number of hydrogen-bond acceptors (Lipinski definition) is 5. The lowest BCUT2D eigenvalue weighted by Crippen LogP contribution is -2.42. The maximum absolute atomic E-state index is 14.1. The number of amides is 1. The summed E-state index contributed by atoms with van der Waals surface area (Å²) in [5.41, 5.74) is 4.14. The Bertz CT molecular complexity index is 1570. The predicted octanol–water partition coefficient (Wildman–Crippen LogP) is 6.10. The monoisotopic (exact) mass is 544 g/mol. The van der Waals surface area contributed by atoms with Crippen LogP contribution in [0.4, 0.5) is 14.0 Å². The molecule has 0 saturated carbocycles. The number of alkyl carbamates (subject to hydrolysis) is 1. The topological polar surface area (TPSA) is 107 Å². The molecule has 1 amide bonds. The van der Waals surface area contributed by atoms with E-state index >= 15 is 0 Å². The maximum Gasteiger partial charge on any atom is 0.419 e. The molecule has 1 atom stereocenters. The van der Waals surface area contributed by atoms with Crippen molar-refractivity contribution in [1.82, 2.24) is 9.88 Å². The number of aromatic nitrogens is 1. The lowest BCUT2D eigenvalue weighted by atomic mass is 9.98. The van der Waals surface area contributed by atoms with Gasteiger partial charge in [-0.3, -0.25) is 4.57 Å². The highest BCUT2D eigenvalue weighted by atomic mass is 19.1. The predicted molar refractivity (Wildman–Crippen MR) is 147 cm³/mol. The first-order chi connectivity index (χ1) is 19.0. The largest absolute Gasteiger partial charge is 0.480 e. The van der Waals surface area contributed by atoms with Crippen molar-refractivity contribution in [2.45, 2.75) is 44.8 Å². The van der Waals surface area contributed by atoms with Crippen LogP contribution >= 0.6 is 0 Å². The highest BCUT2D eigenvalue weighted by molar-refractivity contribution is 5.93. The van der Waals surface area contributed by atoms with Crippen LogP contribution in [0.3, 0.4) is 0 Å². The van der Waals surface area contributed by atoms with Crippen molar-refractivity contribution in [2.75, 3.05) is 6.61 Å². The number of halogens is 1. The smallest absolute Gasteiger partial charge is 0.419 e. The van der Waals surface area contributed by atoms with Crippen LogP contribution in [0.1, 0.15) is 43.4 Å². The van der Waals surface area contributed by atoms with Crippen LogP contribution in [-0.4, -0.2) is 46.1 Å². The normalized spacial score (nSPS) is 13.4. The van der Waals surface area contributed by atoms with Gasteiger partial charge in [0.1, 0.15) is 24.1 Å². The summed E-state index contributed by atoms with van der Waals surface area (Å²) >= 11 is 0. The van der Waals surface area contributed by atoms with Crippen molar-refractivity contribution in [3.05, 3.63) is 95.4 Å². The molecule has 0 radical (unpaired) electrons. The lowest BCUT2D eigenvalue weighted by molar-refractivity contribution is -0.139. The second kappa shape index (κ2) is 10.5. The second-order valence-corrected chi connectivity index (χ2v) is 10.7. The Kier molecular flexibility index (Phi) is 7.06. The molecular weight excluding hydrogens is 515 g/mol. The fourth-order valence-electron chi connectivity index (χ4n) is 5.10. The van der Waals surface area contributed by atoms with Gasteiger partial charge < -0.3 is 19.9 Å². The Hall–Kier alpha value is -4.66. The van der Waals surface area contributed by atoms with Gasteiger partial charge >= 0.3 is 18.2 Å². The van der Waals surface area contributed by atoms with Crippen LogP contribution in [0.15, 0.2) is 72.9 Å². The van der Waals surface area contributed by atoms with E-state index in [0.29, 0.717) is 16.5 Å². The summed E-state index contributed by atoms with van der Waals surface area (Å²) in [5.74, 6) is -2.04. The van der Waals surface area contributed by atoms with Crippen LogP contribution in [0.5, 0.6) is 0 Å². The molecule has 4 aromatic rings. The van der Waals surface area contributed by atoms with Crippen LogP contribution in [-0.2, 0) is 20.7 Å². The number of fused-ring (bicyclic) bond motifs is 4. The van der Waals surface area contributed by atoms with E-state index in [9.17, 15) is 23.9 Å². The van der Waals surface area contributed by atoms with Gasteiger partial charge in [-0.2, -0.15) is 0 Å². The van der Waals surface area contributed by atoms with Gasteiger partial charge in [0, 0.05) is 23.9 Å². The van der Waals surface area contributed by atoms with Crippen molar-refractivity contribution in [3.63, 3.8) is 0 Å². The Morgan fingerprint density at radius 2 is 1.62 bits per heavy atom. The molecule has 1 aliphatic carbocycles. The number of nitrogens with one attached hydrogen (secondary N) is 1. The zero-order valence-corrected chi connectivity index (χ0v) is 22.3. The molecule has 3 aromatic carbocycles. The molecule has 1 aromatic heterocycles. The van der Waals surface area contributed by atoms with E-state index < -0.39 is 35.6 Å². The molecule has 206 valence electrons. The number of hydrogen-bond donors (Lipinski definition) is 2. The van der Waals surface area contributed by atoms with Crippen molar-refractivity contribution in [3.8, 4) is 11.1 Å². The number of carboxylic acid groups (broad SMARTS) is 1. The zero-order chi connectivity index (χ0) is 28.6. The standard InChI is InChI=1S/C31H29FN2O6/c1-31(2,3)40-30(38)34-16-18(24-15-19(32)12-13-27(24)34)14-26(28(35)36)33-29(37)39-17-25-22-10-6-4-8-20(22)21-9-5-7-11-23(21)25/h4-13,15-16,25-26H,14,17H2,1-3H3,(H,33,37)(H,35,36)/t26-/m1/s1. The molecule has 0 spiro atoms. The van der Waals surface area contributed by atoms with Crippen LogP contribution < -0.4 is 5.32 Å². The molecule has 0 bridgehead atoms. The molecule has 40 heavy (non-hydrogen) atoms. The van der Waals surface area contributed by atoms with Gasteiger partial charge in [0.25, 0.3) is 0 Å². The van der Waals surface area contributed by atoms with E-state index in [1.165, 1.54) is 29.0 Å². The Morgan fingerprint density at radius 3 is 2.23 bits per heavy atom.